The number of anilines is 1. The van der Waals surface area contributed by atoms with Crippen LogP contribution in [0.2, 0.25) is 0 Å². The molecule has 8 heteroatoms. The van der Waals surface area contributed by atoms with E-state index in [1.54, 1.807) is 0 Å². The highest BCUT2D eigenvalue weighted by Gasteiger charge is 2.25. The van der Waals surface area contributed by atoms with E-state index in [1.165, 1.54) is 13.0 Å². The average Bonchev–Trinajstić information content (AvgIpc) is 2.55. The molecule has 0 radical (unpaired) electrons. The Balaban J connectivity index is 2.44. The molecule has 0 aliphatic heterocycles. The highest BCUT2D eigenvalue weighted by Crippen LogP contribution is 2.26. The summed E-state index contributed by atoms with van der Waals surface area (Å²) in [7, 11) is 0. The number of benzene rings is 1. The number of carbonyl (C=O) groups is 1. The van der Waals surface area contributed by atoms with Gasteiger partial charge in [-0.2, -0.15) is 0 Å². The molecule has 0 bridgehead atoms. The van der Waals surface area contributed by atoms with Gasteiger partial charge in [0.15, 0.2) is 5.13 Å². The molecule has 1 N–H and O–H groups in total. The lowest BCUT2D eigenvalue weighted by atomic mass is 9.80. The van der Waals surface area contributed by atoms with E-state index < -0.39 is 12.4 Å². The summed E-state index contributed by atoms with van der Waals surface area (Å²) in [4.78, 5) is 14.8. The van der Waals surface area contributed by atoms with Gasteiger partial charge in [-0.1, -0.05) is 23.5 Å². The molecule has 90 valence electrons. The van der Waals surface area contributed by atoms with Crippen molar-refractivity contribution in [1.29, 1.82) is 0 Å². The first-order valence-corrected chi connectivity index (χ1v) is 5.56. The molecule has 0 spiro atoms. The van der Waals surface area contributed by atoms with Crippen molar-refractivity contribution in [2.75, 3.05) is 5.32 Å². The second-order valence-electron chi connectivity index (χ2n) is 3.50. The number of thiazole rings is 1. The van der Waals surface area contributed by atoms with Crippen LogP contribution in [0.15, 0.2) is 18.2 Å². The van der Waals surface area contributed by atoms with Gasteiger partial charge in [-0.25, -0.2) is 4.98 Å². The lowest BCUT2D eigenvalue weighted by molar-refractivity contribution is -0.114. The van der Waals surface area contributed by atoms with E-state index >= 15 is 0 Å². The number of nitrogens with zero attached hydrogens (tertiary/aromatic N) is 1. The maximum atomic E-state index is 12.5. The Morgan fingerprint density at radius 2 is 2.12 bits per heavy atom. The fraction of sp³-hybridized carbons (Fsp3) is 0.111. The monoisotopic (exact) mass is 259 g/mol. The minimum absolute atomic E-state index is 0.302. The van der Waals surface area contributed by atoms with Crippen molar-refractivity contribution < 1.29 is 17.7 Å². The summed E-state index contributed by atoms with van der Waals surface area (Å²) in [6.07, 6.45) is 0. The van der Waals surface area contributed by atoms with Crippen LogP contribution in [0.3, 0.4) is 0 Å². The predicted molar refractivity (Wildman–Crippen MR) is 62.6 cm³/mol. The molecular formula is C9H7BF3N2OS-. The number of hydrogen-bond acceptors (Lipinski definition) is 3. The zero-order chi connectivity index (χ0) is 12.6. The molecular weight excluding hydrogens is 252 g/mol. The van der Waals surface area contributed by atoms with Crippen molar-refractivity contribution >= 4 is 45.0 Å². The summed E-state index contributed by atoms with van der Waals surface area (Å²) in [6, 6.07) is 3.36. The van der Waals surface area contributed by atoms with E-state index in [-0.39, 0.29) is 5.91 Å². The highest BCUT2D eigenvalue weighted by molar-refractivity contribution is 7.22. The predicted octanol–water partition coefficient (Wildman–Crippen LogP) is 2.31. The van der Waals surface area contributed by atoms with E-state index in [2.05, 4.69) is 10.3 Å². The average molecular weight is 259 g/mol. The van der Waals surface area contributed by atoms with E-state index in [1.807, 2.05) is 0 Å². The first-order chi connectivity index (χ1) is 7.86. The van der Waals surface area contributed by atoms with Gasteiger partial charge in [-0.3, -0.25) is 4.79 Å². The lowest BCUT2D eigenvalue weighted by Gasteiger charge is -2.13. The molecule has 0 aliphatic carbocycles. The summed E-state index contributed by atoms with van der Waals surface area (Å²) in [5, 5.41) is 2.75. The topological polar surface area (TPSA) is 42.0 Å². The Morgan fingerprint density at radius 3 is 2.71 bits per heavy atom. The number of carbonyl (C=O) groups excluding carboxylic acids is 1. The molecule has 0 unspecified atom stereocenters. The van der Waals surface area contributed by atoms with Gasteiger partial charge >= 0.3 is 6.98 Å². The van der Waals surface area contributed by atoms with Gasteiger partial charge < -0.3 is 18.3 Å². The maximum Gasteiger partial charge on any atom is 0.509 e. The van der Waals surface area contributed by atoms with Gasteiger partial charge in [0.2, 0.25) is 5.91 Å². The van der Waals surface area contributed by atoms with Gasteiger partial charge in [-0.15, -0.1) is 5.46 Å². The molecule has 3 nitrogen and oxygen atoms in total. The molecule has 0 saturated heterocycles. The number of amides is 1. The smallest absolute Gasteiger partial charge is 0.445 e. The normalized spacial score (nSPS) is 11.8. The number of halogens is 3. The van der Waals surface area contributed by atoms with Crippen LogP contribution in [0.1, 0.15) is 6.92 Å². The van der Waals surface area contributed by atoms with Gasteiger partial charge in [0.25, 0.3) is 0 Å². The van der Waals surface area contributed by atoms with Gasteiger partial charge in [0, 0.05) is 6.92 Å². The Hall–Kier alpha value is -1.57. The quantitative estimate of drug-likeness (QED) is 0.841. The minimum Gasteiger partial charge on any atom is -0.445 e. The molecule has 0 saturated carbocycles. The van der Waals surface area contributed by atoms with Crippen LogP contribution in [0, 0.1) is 0 Å². The van der Waals surface area contributed by atoms with Crippen LogP contribution in [0.4, 0.5) is 18.1 Å². The Bertz CT molecular complexity index is 581. The van der Waals surface area contributed by atoms with E-state index in [9.17, 15) is 17.7 Å². The molecule has 1 aromatic carbocycles. The molecule has 17 heavy (non-hydrogen) atoms. The van der Waals surface area contributed by atoms with Crippen molar-refractivity contribution in [3.8, 4) is 0 Å². The fourth-order valence-electron chi connectivity index (χ4n) is 1.35. The van der Waals surface area contributed by atoms with E-state index in [4.69, 9.17) is 0 Å². The SMILES string of the molecule is CC(=O)Nc1nc2ccc([B-](F)(F)F)cc2s1. The summed E-state index contributed by atoms with van der Waals surface area (Å²) in [5.41, 5.74) is -0.210. The fourth-order valence-corrected chi connectivity index (χ4v) is 2.31. The zero-order valence-electron chi connectivity index (χ0n) is 8.71. The molecule has 0 fully saturated rings. The third-order valence-corrected chi connectivity index (χ3v) is 3.01. The highest BCUT2D eigenvalue weighted by atomic mass is 32.1. The number of nitrogens with one attached hydrogen (secondary N) is 1. The number of rotatable bonds is 2. The van der Waals surface area contributed by atoms with Crippen molar-refractivity contribution in [2.45, 2.75) is 6.92 Å². The number of fused-ring (bicyclic) bond motifs is 1. The second-order valence-corrected chi connectivity index (χ2v) is 4.53. The molecule has 0 atom stereocenters. The molecule has 2 aromatic rings. The van der Waals surface area contributed by atoms with E-state index in [0.717, 1.165) is 23.5 Å². The summed E-state index contributed by atoms with van der Waals surface area (Å²) >= 11 is 1.02. The van der Waals surface area contributed by atoms with Crippen molar-refractivity contribution in [3.63, 3.8) is 0 Å². The Kier molecular flexibility index (Phi) is 2.82. The second kappa shape index (κ2) is 4.03. The lowest BCUT2D eigenvalue weighted by Crippen LogP contribution is -2.33. The van der Waals surface area contributed by atoms with Crippen LogP contribution in [-0.2, 0) is 4.79 Å². The van der Waals surface area contributed by atoms with Gasteiger partial charge in [-0.05, 0) is 6.07 Å². The van der Waals surface area contributed by atoms with Crippen LogP contribution in [0.25, 0.3) is 10.2 Å². The first-order valence-electron chi connectivity index (χ1n) is 4.74. The van der Waals surface area contributed by atoms with Gasteiger partial charge in [0.1, 0.15) is 0 Å². The summed E-state index contributed by atoms with van der Waals surface area (Å²) < 4.78 is 37.9. The molecule has 1 amide bonds. The van der Waals surface area contributed by atoms with Crippen LogP contribution >= 0.6 is 11.3 Å². The van der Waals surface area contributed by atoms with Crippen LogP contribution in [-0.4, -0.2) is 17.9 Å². The minimum atomic E-state index is -5.00. The third kappa shape index (κ3) is 2.58. The standard InChI is InChI=1S/C9H7BF3N2OS/c1-5(16)14-9-15-7-3-2-6(10(11,12)13)4-8(7)17-9/h2-4H,1H3,(H,14,15,16)/q-1. The van der Waals surface area contributed by atoms with Crippen molar-refractivity contribution in [2.24, 2.45) is 0 Å². The van der Waals surface area contributed by atoms with Crippen molar-refractivity contribution in [1.82, 2.24) is 4.98 Å². The van der Waals surface area contributed by atoms with E-state index in [0.29, 0.717) is 15.3 Å². The molecule has 1 aromatic heterocycles. The Labute approximate surface area is 98.7 Å². The first kappa shape index (κ1) is 11.9. The van der Waals surface area contributed by atoms with Crippen molar-refractivity contribution in [3.05, 3.63) is 18.2 Å². The maximum absolute atomic E-state index is 12.5. The van der Waals surface area contributed by atoms with Crippen LogP contribution < -0.4 is 10.8 Å². The molecule has 2 rings (SSSR count). The largest absolute Gasteiger partial charge is 0.509 e. The molecule has 1 heterocycles. The van der Waals surface area contributed by atoms with Gasteiger partial charge in [0.05, 0.1) is 10.2 Å². The Morgan fingerprint density at radius 1 is 1.41 bits per heavy atom. The summed E-state index contributed by atoms with van der Waals surface area (Å²) in [6.45, 7) is -3.69. The summed E-state index contributed by atoms with van der Waals surface area (Å²) in [5.74, 6) is -0.302. The third-order valence-electron chi connectivity index (χ3n) is 2.07. The van der Waals surface area contributed by atoms with Crippen LogP contribution in [0.5, 0.6) is 0 Å². The number of hydrogen-bond donors (Lipinski definition) is 1. The number of aromatic nitrogens is 1. The zero-order valence-corrected chi connectivity index (χ0v) is 9.52. The molecule has 0 aliphatic rings.